The second-order valence-electron chi connectivity index (χ2n) is 6.10. The van der Waals surface area contributed by atoms with Crippen molar-refractivity contribution in [1.82, 2.24) is 19.6 Å². The summed E-state index contributed by atoms with van der Waals surface area (Å²) in [5.74, 6) is 0.891. The fraction of sp³-hybridized carbons (Fsp3) is 0.278. The van der Waals surface area contributed by atoms with Crippen molar-refractivity contribution in [3.8, 4) is 5.75 Å². The largest absolute Gasteiger partial charge is 0.497 e. The predicted octanol–water partition coefficient (Wildman–Crippen LogP) is 1.83. The molecule has 2 unspecified atom stereocenters. The van der Waals surface area contributed by atoms with Gasteiger partial charge in [-0.05, 0) is 29.8 Å². The van der Waals surface area contributed by atoms with Crippen molar-refractivity contribution in [3.05, 3.63) is 59.5 Å². The highest BCUT2D eigenvalue weighted by Crippen LogP contribution is 2.25. The van der Waals surface area contributed by atoms with Gasteiger partial charge in [-0.3, -0.25) is 5.01 Å². The Bertz CT molecular complexity index is 919. The molecule has 7 heteroatoms. The highest BCUT2D eigenvalue weighted by atomic mass is 16.5. The highest BCUT2D eigenvalue weighted by Gasteiger charge is 2.21. The summed E-state index contributed by atoms with van der Waals surface area (Å²) in [5, 5.41) is 21.6. The summed E-state index contributed by atoms with van der Waals surface area (Å²) < 4.78 is 6.87. The van der Waals surface area contributed by atoms with Crippen LogP contribution in [0, 0.1) is 0 Å². The summed E-state index contributed by atoms with van der Waals surface area (Å²) in [6.07, 6.45) is 2.74. The number of benzene rings is 1. The molecule has 3 heterocycles. The number of rotatable bonds is 4. The van der Waals surface area contributed by atoms with E-state index in [1.54, 1.807) is 17.8 Å². The van der Waals surface area contributed by atoms with Crippen LogP contribution >= 0.6 is 0 Å². The van der Waals surface area contributed by atoms with Gasteiger partial charge in [-0.25, -0.2) is 9.50 Å². The zero-order valence-electron chi connectivity index (χ0n) is 14.1. The molecule has 0 radical (unpaired) electrons. The number of methoxy groups -OCH3 is 1. The Balaban J connectivity index is 1.70. The fourth-order valence-electron chi connectivity index (χ4n) is 2.99. The van der Waals surface area contributed by atoms with Gasteiger partial charge >= 0.3 is 0 Å². The Labute approximate surface area is 145 Å². The van der Waals surface area contributed by atoms with Crippen molar-refractivity contribution >= 4 is 11.9 Å². The van der Waals surface area contributed by atoms with Crippen LogP contribution in [0.2, 0.25) is 0 Å². The highest BCUT2D eigenvalue weighted by molar-refractivity contribution is 5.69. The zero-order chi connectivity index (χ0) is 17.4. The molecule has 0 aliphatic carbocycles. The third-order valence-electron chi connectivity index (χ3n) is 4.41. The van der Waals surface area contributed by atoms with Crippen LogP contribution in [-0.2, 0) is 0 Å². The third kappa shape index (κ3) is 2.83. The summed E-state index contributed by atoms with van der Waals surface area (Å²) in [6.45, 7) is 0.795. The summed E-state index contributed by atoms with van der Waals surface area (Å²) in [7, 11) is 3.55. The lowest BCUT2D eigenvalue weighted by Gasteiger charge is -2.13. The lowest BCUT2D eigenvalue weighted by atomic mass is 10.1. The number of aliphatic hydroxyl groups is 1. The zero-order valence-corrected chi connectivity index (χ0v) is 14.1. The molecule has 25 heavy (non-hydrogen) atoms. The normalized spacial score (nSPS) is 18.0. The first-order valence-electron chi connectivity index (χ1n) is 8.07. The van der Waals surface area contributed by atoms with Gasteiger partial charge in [0.25, 0.3) is 0 Å². The van der Waals surface area contributed by atoms with Crippen LogP contribution in [-0.4, -0.2) is 51.6 Å². The van der Waals surface area contributed by atoms with Crippen LogP contribution in [0.4, 0.5) is 0 Å². The first-order chi connectivity index (χ1) is 12.2. The Morgan fingerprint density at radius 3 is 2.68 bits per heavy atom. The third-order valence-corrected chi connectivity index (χ3v) is 4.41. The topological polar surface area (TPSA) is 75.2 Å². The minimum Gasteiger partial charge on any atom is -0.497 e. The van der Waals surface area contributed by atoms with Crippen molar-refractivity contribution in [2.75, 3.05) is 20.7 Å². The molecule has 1 N–H and O–H groups in total. The summed E-state index contributed by atoms with van der Waals surface area (Å²) >= 11 is 0. The molecule has 0 fully saturated rings. The van der Waals surface area contributed by atoms with Gasteiger partial charge in [-0.15, -0.1) is 0 Å². The molecule has 2 aromatic heterocycles. The van der Waals surface area contributed by atoms with Crippen LogP contribution < -0.4 is 4.74 Å². The maximum absolute atomic E-state index is 10.8. The van der Waals surface area contributed by atoms with E-state index >= 15 is 0 Å². The van der Waals surface area contributed by atoms with Gasteiger partial charge in [0.15, 0.2) is 5.65 Å². The minimum atomic E-state index is -0.816. The van der Waals surface area contributed by atoms with Gasteiger partial charge in [-0.1, -0.05) is 12.1 Å². The van der Waals surface area contributed by atoms with E-state index in [1.807, 2.05) is 54.7 Å². The van der Waals surface area contributed by atoms with Gasteiger partial charge < -0.3 is 9.84 Å². The molecule has 0 amide bonds. The first-order valence-corrected chi connectivity index (χ1v) is 8.07. The van der Waals surface area contributed by atoms with Gasteiger partial charge in [-0.2, -0.15) is 10.2 Å². The van der Waals surface area contributed by atoms with Crippen LogP contribution in [0.15, 0.2) is 47.7 Å². The van der Waals surface area contributed by atoms with Crippen molar-refractivity contribution in [2.24, 2.45) is 5.10 Å². The molecule has 1 aliphatic heterocycles. The quantitative estimate of drug-likeness (QED) is 0.786. The molecule has 3 aromatic rings. The standard InChI is InChI=1S/C18H19N5O2/c1-22-11-13(9-20-22)15-7-8-17-19-10-16(23(17)21-15)18(24)12-3-5-14(25-2)6-4-12/h3-10,13,18,24H,11H2,1-2H3. The van der Waals surface area contributed by atoms with Crippen molar-refractivity contribution in [2.45, 2.75) is 12.0 Å². The fourth-order valence-corrected chi connectivity index (χ4v) is 2.99. The molecule has 4 rings (SSSR count). The smallest absolute Gasteiger partial charge is 0.153 e. The molecular formula is C18H19N5O2. The van der Waals surface area contributed by atoms with Gasteiger partial charge in [0.05, 0.1) is 30.6 Å². The molecular weight excluding hydrogens is 318 g/mol. The number of hydrazone groups is 1. The van der Waals surface area contributed by atoms with E-state index in [2.05, 4.69) is 15.2 Å². The average Bonchev–Trinajstić information content (AvgIpc) is 3.27. The monoisotopic (exact) mass is 337 g/mol. The second-order valence-corrected chi connectivity index (χ2v) is 6.10. The molecule has 7 nitrogen and oxygen atoms in total. The Kier molecular flexibility index (Phi) is 3.85. The Hall–Kier alpha value is -2.93. The molecule has 0 bridgehead atoms. The minimum absolute atomic E-state index is 0.141. The summed E-state index contributed by atoms with van der Waals surface area (Å²) in [6, 6.07) is 11.2. The summed E-state index contributed by atoms with van der Waals surface area (Å²) in [5.41, 5.74) is 3.00. The van der Waals surface area contributed by atoms with E-state index < -0.39 is 6.10 Å². The lowest BCUT2D eigenvalue weighted by Crippen LogP contribution is -2.15. The number of aromatic nitrogens is 3. The van der Waals surface area contributed by atoms with E-state index in [9.17, 15) is 5.11 Å². The number of ether oxygens (including phenoxy) is 1. The number of hydrogen-bond acceptors (Lipinski definition) is 6. The van der Waals surface area contributed by atoms with E-state index in [4.69, 9.17) is 4.74 Å². The maximum Gasteiger partial charge on any atom is 0.153 e. The van der Waals surface area contributed by atoms with Gasteiger partial charge in [0.2, 0.25) is 0 Å². The van der Waals surface area contributed by atoms with E-state index in [1.165, 1.54) is 0 Å². The van der Waals surface area contributed by atoms with Gasteiger partial charge in [0.1, 0.15) is 11.9 Å². The number of likely N-dealkylation sites (N-methyl/N-ethyl adjacent to an activating group) is 1. The van der Waals surface area contributed by atoms with E-state index in [0.717, 1.165) is 23.6 Å². The molecule has 0 saturated heterocycles. The number of nitrogens with zero attached hydrogens (tertiary/aromatic N) is 5. The number of aliphatic hydroxyl groups excluding tert-OH is 1. The molecule has 2 atom stereocenters. The van der Waals surface area contributed by atoms with Crippen LogP contribution in [0.1, 0.15) is 29.0 Å². The SMILES string of the molecule is COc1ccc(C(O)c2cnc3ccc(C4C=NN(C)C4)nn23)cc1. The lowest BCUT2D eigenvalue weighted by molar-refractivity contribution is 0.212. The van der Waals surface area contributed by atoms with Crippen molar-refractivity contribution < 1.29 is 9.84 Å². The number of fused-ring (bicyclic) bond motifs is 1. The van der Waals surface area contributed by atoms with E-state index in [-0.39, 0.29) is 5.92 Å². The van der Waals surface area contributed by atoms with Crippen LogP contribution in [0.3, 0.4) is 0 Å². The van der Waals surface area contributed by atoms with Crippen molar-refractivity contribution in [1.29, 1.82) is 0 Å². The molecule has 0 saturated carbocycles. The molecule has 0 spiro atoms. The molecule has 1 aromatic carbocycles. The Morgan fingerprint density at radius 2 is 2.00 bits per heavy atom. The summed E-state index contributed by atoms with van der Waals surface area (Å²) in [4.78, 5) is 4.35. The molecule has 128 valence electrons. The first kappa shape index (κ1) is 15.6. The van der Waals surface area contributed by atoms with Crippen LogP contribution in [0.25, 0.3) is 5.65 Å². The Morgan fingerprint density at radius 1 is 1.20 bits per heavy atom. The van der Waals surface area contributed by atoms with Gasteiger partial charge in [0, 0.05) is 19.8 Å². The maximum atomic E-state index is 10.8. The molecule has 1 aliphatic rings. The number of imidazole rings is 1. The van der Waals surface area contributed by atoms with Crippen molar-refractivity contribution in [3.63, 3.8) is 0 Å². The van der Waals surface area contributed by atoms with Crippen LogP contribution in [0.5, 0.6) is 5.75 Å². The number of hydrogen-bond donors (Lipinski definition) is 1. The second kappa shape index (κ2) is 6.18. The predicted molar refractivity (Wildman–Crippen MR) is 93.9 cm³/mol. The van der Waals surface area contributed by atoms with E-state index in [0.29, 0.717) is 11.3 Å². The average molecular weight is 337 g/mol.